The molecule has 9 heteroatoms. The molecule has 0 saturated heterocycles. The molecule has 3 aromatic carbocycles. The molecule has 1 aromatic heterocycles. The minimum atomic E-state index is -0.449. The van der Waals surface area contributed by atoms with Crippen LogP contribution in [0.4, 0.5) is 15.8 Å². The third kappa shape index (κ3) is 6.02. The van der Waals surface area contributed by atoms with E-state index < -0.39 is 11.7 Å². The molecule has 0 aliphatic rings. The highest BCUT2D eigenvalue weighted by atomic mass is 35.5. The van der Waals surface area contributed by atoms with Crippen molar-refractivity contribution in [3.8, 4) is 11.4 Å². The van der Waals surface area contributed by atoms with Crippen molar-refractivity contribution < 1.29 is 18.5 Å². The summed E-state index contributed by atoms with van der Waals surface area (Å²) in [6, 6.07) is 19.1. The normalized spacial score (nSPS) is 10.6. The molecule has 4 aromatic rings. The van der Waals surface area contributed by atoms with Crippen molar-refractivity contribution in [2.75, 3.05) is 10.6 Å². The molecule has 0 aliphatic heterocycles. The van der Waals surface area contributed by atoms with Gasteiger partial charge >= 0.3 is 0 Å². The first-order valence-electron chi connectivity index (χ1n) is 10.0. The van der Waals surface area contributed by atoms with E-state index in [9.17, 15) is 14.0 Å². The third-order valence-electron chi connectivity index (χ3n) is 4.63. The van der Waals surface area contributed by atoms with E-state index in [4.69, 9.17) is 16.1 Å². The Balaban J connectivity index is 1.32. The number of amides is 2. The van der Waals surface area contributed by atoms with Crippen LogP contribution >= 0.6 is 11.6 Å². The van der Waals surface area contributed by atoms with Gasteiger partial charge in [0.05, 0.1) is 0 Å². The van der Waals surface area contributed by atoms with Gasteiger partial charge in [-0.25, -0.2) is 4.39 Å². The lowest BCUT2D eigenvalue weighted by molar-refractivity contribution is -0.116. The third-order valence-corrected chi connectivity index (χ3v) is 4.88. The molecule has 1 heterocycles. The molecule has 2 amide bonds. The van der Waals surface area contributed by atoms with Gasteiger partial charge in [0.2, 0.25) is 17.6 Å². The fourth-order valence-electron chi connectivity index (χ4n) is 3.02. The van der Waals surface area contributed by atoms with Crippen molar-refractivity contribution in [2.24, 2.45) is 0 Å². The molecule has 166 valence electrons. The summed E-state index contributed by atoms with van der Waals surface area (Å²) in [6.07, 6.45) is 0.369. The smallest absolute Gasteiger partial charge is 0.255 e. The van der Waals surface area contributed by atoms with Crippen LogP contribution in [0.15, 0.2) is 77.3 Å². The second-order valence-electron chi connectivity index (χ2n) is 7.11. The Morgan fingerprint density at radius 3 is 2.42 bits per heavy atom. The van der Waals surface area contributed by atoms with Crippen LogP contribution in [0.25, 0.3) is 11.4 Å². The molecule has 0 bridgehead atoms. The molecule has 0 saturated carbocycles. The molecule has 0 fully saturated rings. The minimum Gasteiger partial charge on any atom is -0.339 e. The number of halogens is 2. The summed E-state index contributed by atoms with van der Waals surface area (Å²) >= 11 is 5.88. The number of carbonyl (C=O) groups excluding carboxylic acids is 2. The standard InChI is InChI=1S/C24H18ClFN4O3/c25-17-9-7-15(8-10-17)23-29-22(33-30-23)12-11-21(31)27-19-5-1-3-16(13-19)24(32)28-20-6-2-4-18(26)14-20/h1-10,13-14H,11-12H2,(H,27,31)(H,28,32). The summed E-state index contributed by atoms with van der Waals surface area (Å²) in [5.74, 6) is -0.394. The molecule has 7 nitrogen and oxygen atoms in total. The molecule has 0 radical (unpaired) electrons. The zero-order valence-electron chi connectivity index (χ0n) is 17.2. The van der Waals surface area contributed by atoms with Crippen molar-refractivity contribution in [3.63, 3.8) is 0 Å². The Kier molecular flexibility index (Phi) is 6.75. The van der Waals surface area contributed by atoms with Crippen molar-refractivity contribution in [1.29, 1.82) is 0 Å². The van der Waals surface area contributed by atoms with Crippen molar-refractivity contribution in [2.45, 2.75) is 12.8 Å². The van der Waals surface area contributed by atoms with Crippen LogP contribution < -0.4 is 10.6 Å². The molecular formula is C24H18ClFN4O3. The SMILES string of the molecule is O=C(CCc1nc(-c2ccc(Cl)cc2)no1)Nc1cccc(C(=O)Nc2cccc(F)c2)c1. The fraction of sp³-hybridized carbons (Fsp3) is 0.0833. The van der Waals surface area contributed by atoms with E-state index in [0.29, 0.717) is 33.7 Å². The largest absolute Gasteiger partial charge is 0.339 e. The number of benzene rings is 3. The predicted octanol–water partition coefficient (Wildman–Crippen LogP) is 5.35. The summed E-state index contributed by atoms with van der Waals surface area (Å²) in [7, 11) is 0. The lowest BCUT2D eigenvalue weighted by Crippen LogP contribution is -2.15. The summed E-state index contributed by atoms with van der Waals surface area (Å²) < 4.78 is 18.5. The number of hydrogen-bond acceptors (Lipinski definition) is 5. The highest BCUT2D eigenvalue weighted by molar-refractivity contribution is 6.30. The Bertz CT molecular complexity index is 1290. The maximum Gasteiger partial charge on any atom is 0.255 e. The van der Waals surface area contributed by atoms with E-state index in [2.05, 4.69) is 20.8 Å². The van der Waals surface area contributed by atoms with Crippen LogP contribution in [0.5, 0.6) is 0 Å². The maximum atomic E-state index is 13.3. The van der Waals surface area contributed by atoms with Crippen LogP contribution in [0.2, 0.25) is 5.02 Å². The van der Waals surface area contributed by atoms with E-state index in [0.717, 1.165) is 5.56 Å². The Hall–Kier alpha value is -4.04. The van der Waals surface area contributed by atoms with E-state index in [1.54, 1.807) is 48.5 Å². The number of carbonyl (C=O) groups is 2. The molecule has 0 aliphatic carbocycles. The van der Waals surface area contributed by atoms with Gasteiger partial charge in [0, 0.05) is 40.4 Å². The predicted molar refractivity (Wildman–Crippen MR) is 122 cm³/mol. The van der Waals surface area contributed by atoms with Gasteiger partial charge in [-0.15, -0.1) is 0 Å². The summed E-state index contributed by atoms with van der Waals surface area (Å²) in [4.78, 5) is 29.1. The molecule has 0 atom stereocenters. The van der Waals surface area contributed by atoms with Crippen LogP contribution in [0, 0.1) is 5.82 Å². The van der Waals surface area contributed by atoms with Crippen LogP contribution in [0.1, 0.15) is 22.7 Å². The topological polar surface area (TPSA) is 97.1 Å². The monoisotopic (exact) mass is 464 g/mol. The number of aromatic nitrogens is 2. The summed E-state index contributed by atoms with van der Waals surface area (Å²) in [6.45, 7) is 0. The quantitative estimate of drug-likeness (QED) is 0.384. The van der Waals surface area contributed by atoms with Crippen LogP contribution in [-0.2, 0) is 11.2 Å². The zero-order valence-corrected chi connectivity index (χ0v) is 18.0. The number of aryl methyl sites for hydroxylation is 1. The van der Waals surface area contributed by atoms with Crippen molar-refractivity contribution in [1.82, 2.24) is 10.1 Å². The summed E-state index contributed by atoms with van der Waals surface area (Å²) in [5.41, 5.74) is 1.87. The van der Waals surface area contributed by atoms with Gasteiger partial charge in [0.1, 0.15) is 5.82 Å². The summed E-state index contributed by atoms with van der Waals surface area (Å²) in [5, 5.41) is 9.89. The maximum absolute atomic E-state index is 13.3. The molecular weight excluding hydrogens is 447 g/mol. The van der Waals surface area contributed by atoms with Gasteiger partial charge in [-0.3, -0.25) is 9.59 Å². The lowest BCUT2D eigenvalue weighted by atomic mass is 10.1. The second-order valence-corrected chi connectivity index (χ2v) is 7.55. The van der Waals surface area contributed by atoms with Gasteiger partial charge in [-0.1, -0.05) is 28.9 Å². The van der Waals surface area contributed by atoms with E-state index in [1.807, 2.05) is 0 Å². The molecule has 0 spiro atoms. The van der Waals surface area contributed by atoms with Gasteiger partial charge in [-0.05, 0) is 60.7 Å². The highest BCUT2D eigenvalue weighted by Crippen LogP contribution is 2.19. The fourth-order valence-corrected chi connectivity index (χ4v) is 3.15. The zero-order chi connectivity index (χ0) is 23.2. The van der Waals surface area contributed by atoms with Gasteiger partial charge in [0.25, 0.3) is 5.91 Å². The number of hydrogen-bond donors (Lipinski definition) is 2. The van der Waals surface area contributed by atoms with Gasteiger partial charge < -0.3 is 15.2 Å². The molecule has 2 N–H and O–H groups in total. The first kappa shape index (κ1) is 22.2. The van der Waals surface area contributed by atoms with E-state index in [1.165, 1.54) is 24.3 Å². The van der Waals surface area contributed by atoms with Gasteiger partial charge in [-0.2, -0.15) is 4.98 Å². The Morgan fingerprint density at radius 1 is 0.939 bits per heavy atom. The van der Waals surface area contributed by atoms with E-state index >= 15 is 0 Å². The average Bonchev–Trinajstić information content (AvgIpc) is 3.27. The molecule has 4 rings (SSSR count). The number of rotatable bonds is 7. The first-order chi connectivity index (χ1) is 16.0. The van der Waals surface area contributed by atoms with Crippen molar-refractivity contribution in [3.05, 3.63) is 95.1 Å². The highest BCUT2D eigenvalue weighted by Gasteiger charge is 2.12. The van der Waals surface area contributed by atoms with Crippen molar-refractivity contribution >= 4 is 34.8 Å². The number of nitrogens with one attached hydrogen (secondary N) is 2. The lowest BCUT2D eigenvalue weighted by Gasteiger charge is -2.08. The molecule has 33 heavy (non-hydrogen) atoms. The number of nitrogens with zero attached hydrogens (tertiary/aromatic N) is 2. The number of anilines is 2. The first-order valence-corrected chi connectivity index (χ1v) is 10.4. The van der Waals surface area contributed by atoms with Gasteiger partial charge in [0.15, 0.2) is 0 Å². The van der Waals surface area contributed by atoms with Crippen LogP contribution in [0.3, 0.4) is 0 Å². The minimum absolute atomic E-state index is 0.113. The Labute approximate surface area is 193 Å². The second kappa shape index (κ2) is 10.1. The van der Waals surface area contributed by atoms with Crippen LogP contribution in [-0.4, -0.2) is 22.0 Å². The van der Waals surface area contributed by atoms with E-state index in [-0.39, 0.29) is 18.7 Å². The Morgan fingerprint density at radius 2 is 1.67 bits per heavy atom. The molecule has 0 unspecified atom stereocenters. The average molecular weight is 465 g/mol.